The van der Waals surface area contributed by atoms with Crippen LogP contribution in [0.1, 0.15) is 10.4 Å². The van der Waals surface area contributed by atoms with Gasteiger partial charge in [0.1, 0.15) is 0 Å². The Hall–Kier alpha value is -2.60. The van der Waals surface area contributed by atoms with E-state index < -0.39 is 10.8 Å². The van der Waals surface area contributed by atoms with Gasteiger partial charge >= 0.3 is 0 Å². The molecule has 0 saturated carbocycles. The number of benzene rings is 2. The highest BCUT2D eigenvalue weighted by Gasteiger charge is 2.11. The summed E-state index contributed by atoms with van der Waals surface area (Å²) < 4.78 is 0. The number of nitro benzene ring substituents is 1. The highest BCUT2D eigenvalue weighted by Crippen LogP contribution is 2.15. The fourth-order valence-electron chi connectivity index (χ4n) is 1.53. The number of hydrogen-bond donors (Lipinski definition) is 2. The van der Waals surface area contributed by atoms with Crippen molar-refractivity contribution in [1.29, 1.82) is 0 Å². The summed E-state index contributed by atoms with van der Waals surface area (Å²) in [5.74, 6) is -0.478. The van der Waals surface area contributed by atoms with Crippen LogP contribution in [0.15, 0.2) is 48.5 Å². The number of anilines is 1. The van der Waals surface area contributed by atoms with Gasteiger partial charge in [-0.05, 0) is 24.3 Å². The number of nitrogens with zero attached hydrogens (tertiary/aromatic N) is 1. The molecule has 1 amide bonds. The smallest absolute Gasteiger partial charge is 0.270 e. The summed E-state index contributed by atoms with van der Waals surface area (Å²) in [5.41, 5.74) is 5.77. The molecule has 0 fully saturated rings. The average Bonchev–Trinajstić information content (AvgIpc) is 2.45. The summed E-state index contributed by atoms with van der Waals surface area (Å²) in [6, 6.07) is 12.2. The second-order valence-corrected chi connectivity index (χ2v) is 4.33. The molecule has 0 saturated heterocycles. The Kier molecular flexibility index (Phi) is 4.17. The van der Waals surface area contributed by atoms with Crippen LogP contribution in [0.2, 0.25) is 5.02 Å². The summed E-state index contributed by atoms with van der Waals surface area (Å²) in [4.78, 5) is 21.9. The molecule has 0 bridgehead atoms. The Morgan fingerprint density at radius 2 is 1.90 bits per heavy atom. The van der Waals surface area contributed by atoms with Crippen molar-refractivity contribution in [2.24, 2.45) is 0 Å². The van der Waals surface area contributed by atoms with Gasteiger partial charge in [-0.2, -0.15) is 0 Å². The molecule has 102 valence electrons. The van der Waals surface area contributed by atoms with E-state index in [1.54, 1.807) is 24.3 Å². The standard InChI is InChI=1S/C13H10ClN3O3/c14-10-4-2-5-11(8-10)15-16-13(18)9-3-1-6-12(7-9)17(19)20/h1-8,15H,(H,16,18). The van der Waals surface area contributed by atoms with Crippen LogP contribution in [-0.2, 0) is 0 Å². The van der Waals surface area contributed by atoms with E-state index in [0.29, 0.717) is 10.7 Å². The quantitative estimate of drug-likeness (QED) is 0.670. The van der Waals surface area contributed by atoms with Crippen molar-refractivity contribution in [2.75, 3.05) is 5.43 Å². The Balaban J connectivity index is 2.05. The normalized spacial score (nSPS) is 9.85. The first-order valence-electron chi connectivity index (χ1n) is 5.62. The number of nitro groups is 1. The summed E-state index contributed by atoms with van der Waals surface area (Å²) in [6.07, 6.45) is 0. The molecule has 0 atom stereocenters. The molecule has 20 heavy (non-hydrogen) atoms. The van der Waals surface area contributed by atoms with Crippen molar-refractivity contribution in [1.82, 2.24) is 5.43 Å². The molecule has 0 heterocycles. The zero-order valence-corrected chi connectivity index (χ0v) is 10.9. The predicted octanol–water partition coefficient (Wildman–Crippen LogP) is 3.01. The molecule has 0 spiro atoms. The van der Waals surface area contributed by atoms with Gasteiger partial charge in [0.2, 0.25) is 0 Å². The lowest BCUT2D eigenvalue weighted by Gasteiger charge is -2.08. The van der Waals surface area contributed by atoms with Gasteiger partial charge in [-0.1, -0.05) is 23.7 Å². The minimum Gasteiger partial charge on any atom is -0.298 e. The van der Waals surface area contributed by atoms with E-state index in [1.165, 1.54) is 24.3 Å². The monoisotopic (exact) mass is 291 g/mol. The van der Waals surface area contributed by atoms with Gasteiger partial charge in [-0.15, -0.1) is 0 Å². The molecule has 0 unspecified atom stereocenters. The first-order chi connectivity index (χ1) is 9.56. The van der Waals surface area contributed by atoms with E-state index in [9.17, 15) is 14.9 Å². The van der Waals surface area contributed by atoms with Crippen molar-refractivity contribution in [3.05, 3.63) is 69.2 Å². The van der Waals surface area contributed by atoms with Gasteiger partial charge in [-0.25, -0.2) is 0 Å². The molecule has 2 rings (SSSR count). The third-order valence-corrected chi connectivity index (χ3v) is 2.70. The summed E-state index contributed by atoms with van der Waals surface area (Å²) >= 11 is 5.81. The van der Waals surface area contributed by atoms with E-state index >= 15 is 0 Å². The molecule has 0 aliphatic carbocycles. The molecule has 0 aromatic heterocycles. The summed E-state index contributed by atoms with van der Waals surface area (Å²) in [5, 5.41) is 11.2. The van der Waals surface area contributed by atoms with Gasteiger partial charge in [0.05, 0.1) is 10.6 Å². The number of nitrogens with one attached hydrogen (secondary N) is 2. The van der Waals surface area contributed by atoms with Gasteiger partial charge in [0.15, 0.2) is 0 Å². The van der Waals surface area contributed by atoms with Crippen molar-refractivity contribution in [2.45, 2.75) is 0 Å². The average molecular weight is 292 g/mol. The molecule has 6 nitrogen and oxygen atoms in total. The largest absolute Gasteiger partial charge is 0.298 e. The third-order valence-electron chi connectivity index (χ3n) is 2.46. The second-order valence-electron chi connectivity index (χ2n) is 3.90. The van der Waals surface area contributed by atoms with Crippen LogP contribution in [0.3, 0.4) is 0 Å². The van der Waals surface area contributed by atoms with E-state index in [4.69, 9.17) is 11.6 Å². The van der Waals surface area contributed by atoms with E-state index in [2.05, 4.69) is 10.9 Å². The lowest BCUT2D eigenvalue weighted by molar-refractivity contribution is -0.384. The van der Waals surface area contributed by atoms with Crippen molar-refractivity contribution in [3.63, 3.8) is 0 Å². The number of rotatable bonds is 4. The number of amides is 1. The summed E-state index contributed by atoms with van der Waals surface area (Å²) in [6.45, 7) is 0. The number of carbonyl (C=O) groups is 1. The van der Waals surface area contributed by atoms with Crippen LogP contribution in [0.4, 0.5) is 11.4 Å². The predicted molar refractivity (Wildman–Crippen MR) is 75.6 cm³/mol. The SMILES string of the molecule is O=C(NNc1cccc(Cl)c1)c1cccc([N+](=O)[O-])c1. The molecular weight excluding hydrogens is 282 g/mol. The van der Waals surface area contributed by atoms with E-state index in [-0.39, 0.29) is 11.3 Å². The first kappa shape index (κ1) is 13.8. The summed E-state index contributed by atoms with van der Waals surface area (Å²) in [7, 11) is 0. The minimum atomic E-state index is -0.554. The van der Waals surface area contributed by atoms with E-state index in [0.717, 1.165) is 0 Å². The number of halogens is 1. The number of carbonyl (C=O) groups excluding carboxylic acids is 1. The first-order valence-corrected chi connectivity index (χ1v) is 6.00. The maximum atomic E-state index is 11.8. The van der Waals surface area contributed by atoms with Gasteiger partial charge in [0, 0.05) is 22.7 Å². The van der Waals surface area contributed by atoms with Crippen LogP contribution in [0.5, 0.6) is 0 Å². The number of hydrogen-bond acceptors (Lipinski definition) is 4. The fraction of sp³-hybridized carbons (Fsp3) is 0. The Morgan fingerprint density at radius 1 is 1.15 bits per heavy atom. The lowest BCUT2D eigenvalue weighted by Crippen LogP contribution is -2.29. The Morgan fingerprint density at radius 3 is 2.60 bits per heavy atom. The minimum absolute atomic E-state index is 0.139. The van der Waals surface area contributed by atoms with Crippen molar-refractivity contribution in [3.8, 4) is 0 Å². The molecule has 2 aromatic rings. The maximum absolute atomic E-state index is 11.8. The highest BCUT2D eigenvalue weighted by molar-refractivity contribution is 6.30. The topological polar surface area (TPSA) is 84.3 Å². The van der Waals surface area contributed by atoms with Gasteiger partial charge in [-0.3, -0.25) is 25.8 Å². The second kappa shape index (κ2) is 6.03. The Labute approximate surface area is 119 Å². The Bertz CT molecular complexity index is 661. The fourth-order valence-corrected chi connectivity index (χ4v) is 1.72. The molecule has 0 aliphatic heterocycles. The van der Waals surface area contributed by atoms with Gasteiger partial charge < -0.3 is 0 Å². The van der Waals surface area contributed by atoms with Crippen LogP contribution in [0.25, 0.3) is 0 Å². The molecule has 2 aromatic carbocycles. The maximum Gasteiger partial charge on any atom is 0.270 e. The highest BCUT2D eigenvalue weighted by atomic mass is 35.5. The van der Waals surface area contributed by atoms with Crippen LogP contribution < -0.4 is 10.9 Å². The van der Waals surface area contributed by atoms with E-state index in [1.807, 2.05) is 0 Å². The number of hydrazine groups is 1. The lowest BCUT2D eigenvalue weighted by atomic mass is 10.2. The van der Waals surface area contributed by atoms with Crippen LogP contribution in [0, 0.1) is 10.1 Å². The van der Waals surface area contributed by atoms with Crippen molar-refractivity contribution >= 4 is 28.9 Å². The van der Waals surface area contributed by atoms with Gasteiger partial charge in [0.25, 0.3) is 11.6 Å². The zero-order valence-electron chi connectivity index (χ0n) is 10.2. The van der Waals surface area contributed by atoms with Crippen LogP contribution in [-0.4, -0.2) is 10.8 Å². The molecule has 2 N–H and O–H groups in total. The van der Waals surface area contributed by atoms with Crippen LogP contribution >= 0.6 is 11.6 Å². The van der Waals surface area contributed by atoms with Crippen molar-refractivity contribution < 1.29 is 9.72 Å². The zero-order chi connectivity index (χ0) is 14.5. The number of non-ortho nitro benzene ring substituents is 1. The molecular formula is C13H10ClN3O3. The molecule has 0 aliphatic rings. The molecule has 7 heteroatoms. The molecule has 0 radical (unpaired) electrons. The third kappa shape index (κ3) is 3.46.